The van der Waals surface area contributed by atoms with Crippen molar-refractivity contribution in [2.24, 2.45) is 5.41 Å². The van der Waals surface area contributed by atoms with Gasteiger partial charge in [0.15, 0.2) is 5.75 Å². The summed E-state index contributed by atoms with van der Waals surface area (Å²) < 4.78 is 18.1. The fourth-order valence-corrected chi connectivity index (χ4v) is 3.32. The van der Waals surface area contributed by atoms with Crippen LogP contribution in [0.15, 0.2) is 24.3 Å². The molecule has 1 spiro atoms. The van der Waals surface area contributed by atoms with Gasteiger partial charge < -0.3 is 25.4 Å². The molecule has 1 aromatic rings. The van der Waals surface area contributed by atoms with Gasteiger partial charge in [-0.3, -0.25) is 4.79 Å². The van der Waals surface area contributed by atoms with Gasteiger partial charge in [-0.15, -0.1) is 0 Å². The molecule has 10 heteroatoms. The molecule has 0 atom stereocenters. The van der Waals surface area contributed by atoms with Crippen molar-refractivity contribution in [2.75, 3.05) is 37.7 Å². The number of carboxylic acid groups (broad SMARTS) is 1. The fourth-order valence-electron chi connectivity index (χ4n) is 3.32. The first-order valence-corrected chi connectivity index (χ1v) is 8.71. The third-order valence-electron chi connectivity index (χ3n) is 4.96. The molecule has 3 N–H and O–H groups in total. The molecule has 2 fully saturated rings. The van der Waals surface area contributed by atoms with E-state index in [2.05, 4.69) is 25.5 Å². The Kier molecular flexibility index (Phi) is 5.72. The van der Waals surface area contributed by atoms with Crippen molar-refractivity contribution in [3.8, 4) is 5.75 Å². The lowest BCUT2D eigenvalue weighted by Crippen LogP contribution is -2.41. The zero-order valence-corrected chi connectivity index (χ0v) is 14.8. The molecule has 27 heavy (non-hydrogen) atoms. The lowest BCUT2D eigenvalue weighted by molar-refractivity contribution is -0.119. The number of aromatic nitrogens is 2. The standard InChI is InChI=1S/C17H22FN5O4/c18-6-12(7-21-16(25)26)10-27-13-8-19-15(20-9-13)23-3-1-17(2-4-23)5-14(24)22-11-17/h6,8-9,21H,1-5,7,10-11H2,(H,22,24)(H,25,26)/b12-6+. The van der Waals surface area contributed by atoms with Crippen molar-refractivity contribution in [2.45, 2.75) is 19.3 Å². The second-order valence-electron chi connectivity index (χ2n) is 6.87. The van der Waals surface area contributed by atoms with Crippen LogP contribution in [0.25, 0.3) is 0 Å². The zero-order valence-electron chi connectivity index (χ0n) is 14.8. The minimum absolute atomic E-state index is 0.0652. The number of piperidine rings is 1. The predicted molar refractivity (Wildman–Crippen MR) is 94.3 cm³/mol. The van der Waals surface area contributed by atoms with Crippen molar-refractivity contribution >= 4 is 17.9 Å². The number of carbonyl (C=O) groups excluding carboxylic acids is 1. The molecule has 3 heterocycles. The summed E-state index contributed by atoms with van der Waals surface area (Å²) in [5.41, 5.74) is 0.220. The van der Waals surface area contributed by atoms with Crippen LogP contribution in [0, 0.1) is 5.41 Å². The van der Waals surface area contributed by atoms with Crippen LogP contribution in [0.2, 0.25) is 0 Å². The Hall–Kier alpha value is -2.91. The Balaban J connectivity index is 1.49. The summed E-state index contributed by atoms with van der Waals surface area (Å²) in [5.74, 6) is 1.08. The maximum atomic E-state index is 12.7. The molecule has 2 aliphatic rings. The lowest BCUT2D eigenvalue weighted by atomic mass is 9.78. The van der Waals surface area contributed by atoms with E-state index in [0.29, 0.717) is 24.4 Å². The monoisotopic (exact) mass is 379 g/mol. The molecule has 3 rings (SSSR count). The smallest absolute Gasteiger partial charge is 0.404 e. The van der Waals surface area contributed by atoms with Crippen LogP contribution in [0.1, 0.15) is 19.3 Å². The van der Waals surface area contributed by atoms with Gasteiger partial charge >= 0.3 is 6.09 Å². The van der Waals surface area contributed by atoms with Gasteiger partial charge in [-0.1, -0.05) is 0 Å². The Morgan fingerprint density at radius 2 is 2.11 bits per heavy atom. The number of amides is 2. The summed E-state index contributed by atoms with van der Waals surface area (Å²) in [6.45, 7) is 2.05. The highest BCUT2D eigenvalue weighted by Gasteiger charge is 2.41. The first kappa shape index (κ1) is 18.9. The van der Waals surface area contributed by atoms with Crippen molar-refractivity contribution in [1.82, 2.24) is 20.6 Å². The Morgan fingerprint density at radius 3 is 2.67 bits per heavy atom. The van der Waals surface area contributed by atoms with Gasteiger partial charge in [-0.05, 0) is 18.3 Å². The first-order valence-electron chi connectivity index (χ1n) is 8.71. The summed E-state index contributed by atoms with van der Waals surface area (Å²) in [7, 11) is 0. The number of hydrogen-bond donors (Lipinski definition) is 3. The van der Waals surface area contributed by atoms with E-state index in [-0.39, 0.29) is 30.0 Å². The minimum Gasteiger partial charge on any atom is -0.486 e. The average Bonchev–Trinajstić information content (AvgIpc) is 3.03. The maximum Gasteiger partial charge on any atom is 0.404 e. The molecule has 2 amide bonds. The molecular formula is C17H22FN5O4. The van der Waals surface area contributed by atoms with Crippen molar-refractivity contribution < 1.29 is 23.8 Å². The zero-order chi connectivity index (χ0) is 19.3. The van der Waals surface area contributed by atoms with E-state index in [1.54, 1.807) is 0 Å². The lowest BCUT2D eigenvalue weighted by Gasteiger charge is -2.38. The van der Waals surface area contributed by atoms with Crippen LogP contribution >= 0.6 is 0 Å². The van der Waals surface area contributed by atoms with E-state index in [4.69, 9.17) is 9.84 Å². The Labute approximate surface area is 155 Å². The highest BCUT2D eigenvalue weighted by atomic mass is 19.1. The third kappa shape index (κ3) is 4.83. The van der Waals surface area contributed by atoms with Crippen LogP contribution < -0.4 is 20.3 Å². The van der Waals surface area contributed by atoms with Crippen LogP contribution in [0.3, 0.4) is 0 Å². The predicted octanol–water partition coefficient (Wildman–Crippen LogP) is 1.08. The molecule has 146 valence electrons. The van der Waals surface area contributed by atoms with E-state index in [0.717, 1.165) is 32.5 Å². The normalized spacial score (nSPS) is 19.1. The molecule has 2 aliphatic heterocycles. The molecule has 1 aromatic heterocycles. The van der Waals surface area contributed by atoms with E-state index < -0.39 is 6.09 Å². The number of rotatable bonds is 6. The number of nitrogens with zero attached hydrogens (tertiary/aromatic N) is 3. The Bertz CT molecular complexity index is 717. The molecular weight excluding hydrogens is 357 g/mol. The summed E-state index contributed by atoms with van der Waals surface area (Å²) in [5, 5.41) is 13.5. The van der Waals surface area contributed by atoms with Crippen molar-refractivity contribution in [3.05, 3.63) is 24.3 Å². The third-order valence-corrected chi connectivity index (χ3v) is 4.96. The van der Waals surface area contributed by atoms with Gasteiger partial charge in [-0.2, -0.15) is 0 Å². The van der Waals surface area contributed by atoms with E-state index in [9.17, 15) is 14.0 Å². The Morgan fingerprint density at radius 1 is 1.41 bits per heavy atom. The van der Waals surface area contributed by atoms with Gasteiger partial charge in [-0.25, -0.2) is 19.2 Å². The number of hydrogen-bond acceptors (Lipinski definition) is 6. The van der Waals surface area contributed by atoms with Gasteiger partial charge in [0.05, 0.1) is 18.7 Å². The topological polar surface area (TPSA) is 117 Å². The maximum absolute atomic E-state index is 12.7. The average molecular weight is 379 g/mol. The number of ether oxygens (including phenoxy) is 1. The molecule has 0 aromatic carbocycles. The molecule has 0 aliphatic carbocycles. The van der Waals surface area contributed by atoms with Gasteiger partial charge in [0.2, 0.25) is 11.9 Å². The SMILES string of the molecule is O=C(O)NC/C(=C\F)COc1cnc(N2CCC3(CC2)CNC(=O)C3)nc1. The molecule has 0 bridgehead atoms. The first-order chi connectivity index (χ1) is 13.0. The number of anilines is 1. The molecule has 0 saturated carbocycles. The van der Waals surface area contributed by atoms with E-state index in [1.165, 1.54) is 12.4 Å². The summed E-state index contributed by atoms with van der Waals surface area (Å²) in [6.07, 6.45) is 4.51. The number of halogens is 1. The quantitative estimate of drug-likeness (QED) is 0.677. The summed E-state index contributed by atoms with van der Waals surface area (Å²) in [6, 6.07) is 0. The van der Waals surface area contributed by atoms with Crippen LogP contribution in [0.5, 0.6) is 5.75 Å². The van der Waals surface area contributed by atoms with Crippen LogP contribution in [0.4, 0.5) is 15.1 Å². The minimum atomic E-state index is -1.23. The largest absolute Gasteiger partial charge is 0.486 e. The van der Waals surface area contributed by atoms with Gasteiger partial charge in [0, 0.05) is 38.2 Å². The summed E-state index contributed by atoms with van der Waals surface area (Å²) in [4.78, 5) is 32.6. The van der Waals surface area contributed by atoms with E-state index in [1.807, 2.05) is 0 Å². The molecule has 2 saturated heterocycles. The van der Waals surface area contributed by atoms with Crippen LogP contribution in [-0.4, -0.2) is 59.9 Å². The number of nitrogens with one attached hydrogen (secondary N) is 2. The fraction of sp³-hybridized carbons (Fsp3) is 0.529. The highest BCUT2D eigenvalue weighted by Crippen LogP contribution is 2.38. The second-order valence-corrected chi connectivity index (χ2v) is 6.87. The van der Waals surface area contributed by atoms with E-state index >= 15 is 0 Å². The summed E-state index contributed by atoms with van der Waals surface area (Å²) >= 11 is 0. The van der Waals surface area contributed by atoms with Crippen molar-refractivity contribution in [1.29, 1.82) is 0 Å². The highest BCUT2D eigenvalue weighted by molar-refractivity contribution is 5.79. The molecule has 9 nitrogen and oxygen atoms in total. The number of carbonyl (C=O) groups is 2. The van der Waals surface area contributed by atoms with Crippen LogP contribution in [-0.2, 0) is 4.79 Å². The molecule has 0 radical (unpaired) electrons. The van der Waals surface area contributed by atoms with Crippen molar-refractivity contribution in [3.63, 3.8) is 0 Å². The van der Waals surface area contributed by atoms with Gasteiger partial charge in [0.1, 0.15) is 6.61 Å². The van der Waals surface area contributed by atoms with Gasteiger partial charge in [0.25, 0.3) is 0 Å². The second kappa shape index (κ2) is 8.19. The molecule has 0 unspecified atom stereocenters.